The maximum Gasteiger partial charge on any atom is 0.410 e. The maximum atomic E-state index is 11.8. The zero-order valence-corrected chi connectivity index (χ0v) is 11.2. The molecule has 1 aliphatic rings. The Hall–Kier alpha value is -0.770. The molecule has 0 radical (unpaired) electrons. The van der Waals surface area contributed by atoms with Gasteiger partial charge in [0.2, 0.25) is 0 Å². The highest BCUT2D eigenvalue weighted by molar-refractivity contribution is 5.68. The molecule has 1 N–H and O–H groups in total. The van der Waals surface area contributed by atoms with E-state index in [1.165, 1.54) is 0 Å². The first-order valence-corrected chi connectivity index (χ1v) is 6.51. The highest BCUT2D eigenvalue weighted by Gasteiger charge is 2.29. The van der Waals surface area contributed by atoms with Crippen molar-refractivity contribution in [2.75, 3.05) is 19.7 Å². The number of amides is 1. The van der Waals surface area contributed by atoms with Gasteiger partial charge in [-0.3, -0.25) is 0 Å². The van der Waals surface area contributed by atoms with Crippen LogP contribution in [0.3, 0.4) is 0 Å². The molecule has 0 spiro atoms. The Bertz CT molecular complexity index is 248. The summed E-state index contributed by atoms with van der Waals surface area (Å²) < 4.78 is 5.34. The van der Waals surface area contributed by atoms with Crippen LogP contribution in [-0.4, -0.2) is 41.4 Å². The molecule has 1 aliphatic heterocycles. The minimum atomic E-state index is -0.411. The molecule has 1 atom stereocenters. The first kappa shape index (κ1) is 14.3. The molecular formula is C13H25NO3. The van der Waals surface area contributed by atoms with E-state index in [0.29, 0.717) is 5.92 Å². The summed E-state index contributed by atoms with van der Waals surface area (Å²) in [6.45, 7) is 7.54. The fourth-order valence-electron chi connectivity index (χ4n) is 2.11. The second-order valence-corrected chi connectivity index (χ2v) is 5.80. The van der Waals surface area contributed by atoms with Gasteiger partial charge < -0.3 is 14.7 Å². The maximum absolute atomic E-state index is 11.8. The summed E-state index contributed by atoms with van der Waals surface area (Å²) in [5.74, 6) is 0.578. The lowest BCUT2D eigenvalue weighted by Crippen LogP contribution is -2.35. The van der Waals surface area contributed by atoms with E-state index in [2.05, 4.69) is 0 Å². The van der Waals surface area contributed by atoms with Crippen LogP contribution in [0.4, 0.5) is 4.79 Å². The smallest absolute Gasteiger partial charge is 0.410 e. The van der Waals surface area contributed by atoms with Gasteiger partial charge >= 0.3 is 6.09 Å². The van der Waals surface area contributed by atoms with Crippen molar-refractivity contribution >= 4 is 6.09 Å². The number of aliphatic hydroxyl groups is 1. The highest BCUT2D eigenvalue weighted by Crippen LogP contribution is 2.23. The van der Waals surface area contributed by atoms with Crippen molar-refractivity contribution in [3.05, 3.63) is 0 Å². The lowest BCUT2D eigenvalue weighted by molar-refractivity contribution is 0.0287. The van der Waals surface area contributed by atoms with Gasteiger partial charge in [0, 0.05) is 19.7 Å². The third kappa shape index (κ3) is 5.39. The van der Waals surface area contributed by atoms with E-state index < -0.39 is 5.60 Å². The Labute approximate surface area is 104 Å². The predicted octanol–water partition coefficient (Wildman–Crippen LogP) is 2.41. The van der Waals surface area contributed by atoms with Crippen LogP contribution in [0, 0.1) is 5.92 Å². The van der Waals surface area contributed by atoms with Crippen LogP contribution >= 0.6 is 0 Å². The lowest BCUT2D eigenvalue weighted by Gasteiger charge is -2.24. The lowest BCUT2D eigenvalue weighted by atomic mass is 10.0. The average molecular weight is 243 g/mol. The molecule has 1 rings (SSSR count). The summed E-state index contributed by atoms with van der Waals surface area (Å²) >= 11 is 0. The molecule has 100 valence electrons. The monoisotopic (exact) mass is 243 g/mol. The van der Waals surface area contributed by atoms with Crippen molar-refractivity contribution < 1.29 is 14.6 Å². The van der Waals surface area contributed by atoms with Crippen LogP contribution in [0.5, 0.6) is 0 Å². The topological polar surface area (TPSA) is 49.8 Å². The first-order valence-electron chi connectivity index (χ1n) is 6.51. The molecule has 1 amide bonds. The Balaban J connectivity index is 2.27. The molecular weight excluding hydrogens is 218 g/mol. The van der Waals surface area contributed by atoms with Crippen LogP contribution in [-0.2, 0) is 4.74 Å². The van der Waals surface area contributed by atoms with Crippen molar-refractivity contribution in [3.8, 4) is 0 Å². The molecule has 17 heavy (non-hydrogen) atoms. The number of ether oxygens (including phenoxy) is 1. The number of hydrogen-bond acceptors (Lipinski definition) is 3. The van der Waals surface area contributed by atoms with Crippen molar-refractivity contribution in [2.24, 2.45) is 5.92 Å². The molecule has 0 aliphatic carbocycles. The van der Waals surface area contributed by atoms with Crippen molar-refractivity contribution in [1.82, 2.24) is 4.90 Å². The van der Waals surface area contributed by atoms with E-state index in [9.17, 15) is 4.79 Å². The van der Waals surface area contributed by atoms with Crippen LogP contribution in [0.15, 0.2) is 0 Å². The van der Waals surface area contributed by atoms with Gasteiger partial charge in [0.1, 0.15) is 5.60 Å². The van der Waals surface area contributed by atoms with Gasteiger partial charge in [-0.05, 0) is 46.0 Å². The molecule has 4 heteroatoms. The molecule has 1 saturated heterocycles. The van der Waals surface area contributed by atoms with Crippen molar-refractivity contribution in [2.45, 2.75) is 52.1 Å². The summed E-state index contributed by atoms with van der Waals surface area (Å²) in [5.41, 5.74) is -0.411. The van der Waals surface area contributed by atoms with E-state index in [0.717, 1.165) is 38.8 Å². The molecule has 0 aromatic rings. The first-order chi connectivity index (χ1) is 7.92. The average Bonchev–Trinajstić information content (AvgIpc) is 2.64. The highest BCUT2D eigenvalue weighted by atomic mass is 16.6. The normalized spacial score (nSPS) is 20.7. The minimum Gasteiger partial charge on any atom is -0.444 e. The summed E-state index contributed by atoms with van der Waals surface area (Å²) in [7, 11) is 0. The molecule has 0 bridgehead atoms. The van der Waals surface area contributed by atoms with Gasteiger partial charge in [-0.2, -0.15) is 0 Å². The second kappa shape index (κ2) is 6.24. The number of aliphatic hydroxyl groups excluding tert-OH is 1. The summed E-state index contributed by atoms with van der Waals surface area (Å²) in [6, 6.07) is 0. The fraction of sp³-hybridized carbons (Fsp3) is 0.923. The van der Waals surface area contributed by atoms with Gasteiger partial charge in [0.15, 0.2) is 0 Å². The molecule has 0 aromatic carbocycles. The van der Waals surface area contributed by atoms with Gasteiger partial charge in [0.05, 0.1) is 0 Å². The molecule has 0 aromatic heterocycles. The number of hydrogen-bond donors (Lipinski definition) is 1. The van der Waals surface area contributed by atoms with E-state index in [-0.39, 0.29) is 12.7 Å². The zero-order chi connectivity index (χ0) is 12.9. The standard InChI is InChI=1S/C13H25NO3/c1-13(2,3)17-12(16)14-8-7-11(10-14)6-4-5-9-15/h11,15H,4-10H2,1-3H3. The van der Waals surface area contributed by atoms with Gasteiger partial charge in [-0.1, -0.05) is 6.42 Å². The summed E-state index contributed by atoms with van der Waals surface area (Å²) in [6.07, 6.45) is 3.87. The van der Waals surface area contributed by atoms with E-state index in [1.807, 2.05) is 20.8 Å². The number of unbranched alkanes of at least 4 members (excludes halogenated alkanes) is 1. The van der Waals surface area contributed by atoms with Crippen molar-refractivity contribution in [1.29, 1.82) is 0 Å². The molecule has 1 heterocycles. The Morgan fingerprint density at radius 3 is 2.71 bits per heavy atom. The molecule has 1 unspecified atom stereocenters. The minimum absolute atomic E-state index is 0.192. The number of carbonyl (C=O) groups excluding carboxylic acids is 1. The van der Waals surface area contributed by atoms with Gasteiger partial charge in [0.25, 0.3) is 0 Å². The zero-order valence-electron chi connectivity index (χ0n) is 11.2. The van der Waals surface area contributed by atoms with Crippen LogP contribution in [0.25, 0.3) is 0 Å². The third-order valence-electron chi connectivity index (χ3n) is 2.96. The number of rotatable bonds is 4. The number of likely N-dealkylation sites (tertiary alicyclic amines) is 1. The Morgan fingerprint density at radius 2 is 2.12 bits per heavy atom. The second-order valence-electron chi connectivity index (χ2n) is 5.80. The molecule has 1 fully saturated rings. The summed E-state index contributed by atoms with van der Waals surface area (Å²) in [5, 5.41) is 8.72. The Morgan fingerprint density at radius 1 is 1.41 bits per heavy atom. The largest absolute Gasteiger partial charge is 0.444 e. The van der Waals surface area contributed by atoms with E-state index in [4.69, 9.17) is 9.84 Å². The van der Waals surface area contributed by atoms with Gasteiger partial charge in [-0.15, -0.1) is 0 Å². The summed E-state index contributed by atoms with van der Waals surface area (Å²) in [4.78, 5) is 13.6. The number of nitrogens with zero attached hydrogens (tertiary/aromatic N) is 1. The SMILES string of the molecule is CC(C)(C)OC(=O)N1CCC(CCCCO)C1. The molecule has 0 saturated carbocycles. The predicted molar refractivity (Wildman–Crippen MR) is 66.9 cm³/mol. The van der Waals surface area contributed by atoms with E-state index in [1.54, 1.807) is 4.90 Å². The third-order valence-corrected chi connectivity index (χ3v) is 2.96. The number of carbonyl (C=O) groups is 1. The van der Waals surface area contributed by atoms with Crippen LogP contribution < -0.4 is 0 Å². The van der Waals surface area contributed by atoms with E-state index >= 15 is 0 Å². The van der Waals surface area contributed by atoms with Crippen molar-refractivity contribution in [3.63, 3.8) is 0 Å². The Kier molecular flexibility index (Phi) is 5.25. The van der Waals surface area contributed by atoms with Crippen LogP contribution in [0.1, 0.15) is 46.5 Å². The van der Waals surface area contributed by atoms with Crippen LogP contribution in [0.2, 0.25) is 0 Å². The molecule has 4 nitrogen and oxygen atoms in total. The quantitative estimate of drug-likeness (QED) is 0.771. The van der Waals surface area contributed by atoms with Gasteiger partial charge in [-0.25, -0.2) is 4.79 Å². The fourth-order valence-corrected chi connectivity index (χ4v) is 2.11.